The Morgan fingerprint density at radius 2 is 1.74 bits per heavy atom. The molecule has 184 valence electrons. The first-order chi connectivity index (χ1) is 16.5. The van der Waals surface area contributed by atoms with E-state index >= 15 is 0 Å². The highest BCUT2D eigenvalue weighted by atomic mass is 16.2. The van der Waals surface area contributed by atoms with Gasteiger partial charge in [0.15, 0.2) is 0 Å². The van der Waals surface area contributed by atoms with E-state index < -0.39 is 6.04 Å². The number of amides is 2. The average molecular weight is 468 g/mol. The molecule has 3 saturated heterocycles. The minimum atomic E-state index is -0.629. The van der Waals surface area contributed by atoms with E-state index in [9.17, 15) is 14.4 Å². The van der Waals surface area contributed by atoms with Gasteiger partial charge in [-0.25, -0.2) is 4.79 Å². The number of piperidine rings is 3. The summed E-state index contributed by atoms with van der Waals surface area (Å²) in [6, 6.07) is 6.30. The summed E-state index contributed by atoms with van der Waals surface area (Å²) in [5, 5.41) is 5.84. The normalized spacial score (nSPS) is 23.5. The van der Waals surface area contributed by atoms with Crippen LogP contribution in [0.25, 0.3) is 11.0 Å². The number of fused-ring (bicyclic) bond motifs is 1. The van der Waals surface area contributed by atoms with Gasteiger partial charge < -0.3 is 10.2 Å². The van der Waals surface area contributed by atoms with Gasteiger partial charge in [0.2, 0.25) is 11.8 Å². The fourth-order valence-corrected chi connectivity index (χ4v) is 6.17. The summed E-state index contributed by atoms with van der Waals surface area (Å²) in [4.78, 5) is 39.6. The minimum Gasteiger partial charge on any atom is -0.317 e. The maximum atomic E-state index is 12.9. The summed E-state index contributed by atoms with van der Waals surface area (Å²) < 4.78 is 3.18. The van der Waals surface area contributed by atoms with Crippen molar-refractivity contribution in [3.63, 3.8) is 0 Å². The summed E-state index contributed by atoms with van der Waals surface area (Å²) >= 11 is 0. The van der Waals surface area contributed by atoms with Crippen LogP contribution in [0.1, 0.15) is 63.0 Å². The number of aryl methyl sites for hydroxylation is 2. The SMILES string of the molecule is Cn1c(=O)n(C2CCC(=O)NC2=O)c2ccc(CCCC3CCN(C4CCNCC4)CC3)cc21. The van der Waals surface area contributed by atoms with Crippen molar-refractivity contribution in [2.24, 2.45) is 13.0 Å². The number of carbonyl (C=O) groups excluding carboxylic acids is 2. The number of nitrogens with zero attached hydrogens (tertiary/aromatic N) is 3. The van der Waals surface area contributed by atoms with Crippen molar-refractivity contribution < 1.29 is 9.59 Å². The molecule has 0 aliphatic carbocycles. The van der Waals surface area contributed by atoms with Crippen LogP contribution in [0.3, 0.4) is 0 Å². The van der Waals surface area contributed by atoms with Gasteiger partial charge in [0, 0.05) is 19.5 Å². The highest BCUT2D eigenvalue weighted by Crippen LogP contribution is 2.27. The van der Waals surface area contributed by atoms with E-state index in [1.807, 2.05) is 6.07 Å². The van der Waals surface area contributed by atoms with Crippen LogP contribution in [0.15, 0.2) is 23.0 Å². The van der Waals surface area contributed by atoms with E-state index in [1.165, 1.54) is 50.8 Å². The van der Waals surface area contributed by atoms with Crippen molar-refractivity contribution in [3.05, 3.63) is 34.2 Å². The highest BCUT2D eigenvalue weighted by Gasteiger charge is 2.31. The number of nitrogens with one attached hydrogen (secondary N) is 2. The summed E-state index contributed by atoms with van der Waals surface area (Å²) in [7, 11) is 1.76. The maximum absolute atomic E-state index is 12.9. The number of benzene rings is 1. The predicted octanol–water partition coefficient (Wildman–Crippen LogP) is 2.10. The van der Waals surface area contributed by atoms with Gasteiger partial charge in [0.1, 0.15) is 6.04 Å². The molecule has 1 unspecified atom stereocenters. The van der Waals surface area contributed by atoms with Crippen molar-refractivity contribution in [1.29, 1.82) is 0 Å². The summed E-state index contributed by atoms with van der Waals surface area (Å²) in [6.45, 7) is 4.82. The molecule has 4 heterocycles. The maximum Gasteiger partial charge on any atom is 0.329 e. The van der Waals surface area contributed by atoms with E-state index in [0.29, 0.717) is 6.42 Å². The second kappa shape index (κ2) is 10.0. The Hall–Kier alpha value is -2.45. The third-order valence-corrected chi connectivity index (χ3v) is 8.23. The number of hydrogen-bond acceptors (Lipinski definition) is 5. The van der Waals surface area contributed by atoms with Crippen LogP contribution in [0, 0.1) is 5.92 Å². The largest absolute Gasteiger partial charge is 0.329 e. The summed E-state index contributed by atoms with van der Waals surface area (Å²) in [5.41, 5.74) is 2.64. The van der Waals surface area contributed by atoms with Crippen LogP contribution in [0.2, 0.25) is 0 Å². The zero-order chi connectivity index (χ0) is 23.7. The highest BCUT2D eigenvalue weighted by molar-refractivity contribution is 6.00. The molecule has 2 N–H and O–H groups in total. The molecule has 1 atom stereocenters. The van der Waals surface area contributed by atoms with Crippen LogP contribution >= 0.6 is 0 Å². The lowest BCUT2D eigenvalue weighted by atomic mass is 9.89. The molecule has 1 aromatic heterocycles. The standard InChI is InChI=1S/C26H37N5O3/c1-29-23-17-19(4-2-3-18-11-15-30(16-12-18)20-9-13-27-14-10-20)5-6-21(23)31(26(29)34)22-7-8-24(32)28-25(22)33/h5-6,17-18,20,22,27H,2-4,7-16H2,1H3,(H,28,32,33). The fraction of sp³-hybridized carbons (Fsp3) is 0.654. The monoisotopic (exact) mass is 467 g/mol. The quantitative estimate of drug-likeness (QED) is 0.636. The molecule has 5 rings (SSSR count). The van der Waals surface area contributed by atoms with Gasteiger partial charge in [-0.1, -0.05) is 12.5 Å². The molecule has 0 saturated carbocycles. The Labute approximate surface area is 200 Å². The van der Waals surface area contributed by atoms with Gasteiger partial charge in [-0.15, -0.1) is 0 Å². The molecule has 8 heteroatoms. The lowest BCUT2D eigenvalue weighted by molar-refractivity contribution is -0.135. The second-order valence-corrected chi connectivity index (χ2v) is 10.4. The van der Waals surface area contributed by atoms with Crippen LogP contribution in [0.5, 0.6) is 0 Å². The van der Waals surface area contributed by atoms with Crippen molar-refractivity contribution in [3.8, 4) is 0 Å². The minimum absolute atomic E-state index is 0.206. The van der Waals surface area contributed by atoms with Crippen LogP contribution in [-0.2, 0) is 23.1 Å². The molecule has 3 aliphatic rings. The molecule has 34 heavy (non-hydrogen) atoms. The number of imidazole rings is 1. The van der Waals surface area contributed by atoms with E-state index in [0.717, 1.165) is 48.9 Å². The van der Waals surface area contributed by atoms with Gasteiger partial charge in [-0.3, -0.25) is 24.0 Å². The Bertz CT molecular complexity index is 1110. The second-order valence-electron chi connectivity index (χ2n) is 10.4. The smallest absolute Gasteiger partial charge is 0.317 e. The van der Waals surface area contributed by atoms with Gasteiger partial charge in [-0.05, 0) is 94.7 Å². The number of imide groups is 1. The van der Waals surface area contributed by atoms with Gasteiger partial charge in [0.25, 0.3) is 0 Å². The van der Waals surface area contributed by atoms with Gasteiger partial charge in [-0.2, -0.15) is 0 Å². The summed E-state index contributed by atoms with van der Waals surface area (Å²) in [6.07, 6.45) is 9.25. The van der Waals surface area contributed by atoms with E-state index in [2.05, 4.69) is 27.7 Å². The number of carbonyl (C=O) groups is 2. The molecular formula is C26H37N5O3. The molecule has 3 aliphatic heterocycles. The molecule has 0 bridgehead atoms. The third-order valence-electron chi connectivity index (χ3n) is 8.23. The Kier molecular flexibility index (Phi) is 6.88. The van der Waals surface area contributed by atoms with E-state index in [4.69, 9.17) is 0 Å². The summed E-state index contributed by atoms with van der Waals surface area (Å²) in [5.74, 6) is 0.162. The number of aromatic nitrogens is 2. The Morgan fingerprint density at radius 3 is 2.47 bits per heavy atom. The first-order valence-corrected chi connectivity index (χ1v) is 13.0. The molecular weight excluding hydrogens is 430 g/mol. The topological polar surface area (TPSA) is 88.4 Å². The van der Waals surface area contributed by atoms with Crippen molar-refractivity contribution in [2.75, 3.05) is 26.2 Å². The van der Waals surface area contributed by atoms with E-state index in [1.54, 1.807) is 16.2 Å². The molecule has 0 spiro atoms. The molecule has 2 amide bonds. The number of likely N-dealkylation sites (tertiary alicyclic amines) is 1. The first kappa shape index (κ1) is 23.3. The average Bonchev–Trinajstić information content (AvgIpc) is 3.10. The Balaban J connectivity index is 1.19. The van der Waals surface area contributed by atoms with Crippen molar-refractivity contribution in [2.45, 2.75) is 69.9 Å². The van der Waals surface area contributed by atoms with Crippen LogP contribution in [-0.4, -0.2) is 58.1 Å². The molecule has 1 aromatic carbocycles. The van der Waals surface area contributed by atoms with Gasteiger partial charge >= 0.3 is 5.69 Å². The molecule has 2 aromatic rings. The fourth-order valence-electron chi connectivity index (χ4n) is 6.17. The predicted molar refractivity (Wildman–Crippen MR) is 132 cm³/mol. The molecule has 8 nitrogen and oxygen atoms in total. The lowest BCUT2D eigenvalue weighted by Crippen LogP contribution is -2.46. The molecule has 3 fully saturated rings. The third kappa shape index (κ3) is 4.70. The van der Waals surface area contributed by atoms with Crippen molar-refractivity contribution >= 4 is 22.8 Å². The lowest BCUT2D eigenvalue weighted by Gasteiger charge is -2.39. The zero-order valence-electron chi connectivity index (χ0n) is 20.2. The number of rotatable bonds is 6. The number of hydrogen-bond donors (Lipinski definition) is 2. The van der Waals surface area contributed by atoms with E-state index in [-0.39, 0.29) is 23.9 Å². The van der Waals surface area contributed by atoms with Gasteiger partial charge in [0.05, 0.1) is 11.0 Å². The first-order valence-electron chi connectivity index (χ1n) is 13.0. The zero-order valence-corrected chi connectivity index (χ0v) is 20.2. The van der Waals surface area contributed by atoms with Crippen molar-refractivity contribution in [1.82, 2.24) is 24.7 Å². The molecule has 0 radical (unpaired) electrons. The van der Waals surface area contributed by atoms with Crippen LogP contribution in [0.4, 0.5) is 0 Å². The Morgan fingerprint density at radius 1 is 0.971 bits per heavy atom. The van der Waals surface area contributed by atoms with Crippen LogP contribution < -0.4 is 16.3 Å².